The van der Waals surface area contributed by atoms with E-state index in [-0.39, 0.29) is 11.4 Å². The van der Waals surface area contributed by atoms with Crippen molar-refractivity contribution in [2.24, 2.45) is 4.99 Å². The quantitative estimate of drug-likeness (QED) is 0.195. The Balaban J connectivity index is 1.85. The number of ether oxygens (including phenoxy) is 4. The number of hydrogen-bond donors (Lipinski definition) is 0. The van der Waals surface area contributed by atoms with Crippen LogP contribution >= 0.6 is 0 Å². The Morgan fingerprint density at radius 3 is 2.03 bits per heavy atom. The van der Waals surface area contributed by atoms with E-state index in [1.165, 1.54) is 52.9 Å². The Labute approximate surface area is 214 Å². The van der Waals surface area contributed by atoms with Gasteiger partial charge in [0.15, 0.2) is 9.84 Å². The van der Waals surface area contributed by atoms with E-state index < -0.39 is 14.8 Å². The fourth-order valence-corrected chi connectivity index (χ4v) is 4.49. The number of sulfone groups is 1. The summed E-state index contributed by atoms with van der Waals surface area (Å²) in [5, 5.41) is 11.9. The first-order chi connectivity index (χ1) is 17.7. The largest absolute Gasteiger partial charge is 0.496 e. The summed E-state index contributed by atoms with van der Waals surface area (Å²) in [7, 11) is 2.23. The van der Waals surface area contributed by atoms with Gasteiger partial charge in [-0.2, -0.15) is 0 Å². The molecule has 11 heteroatoms. The maximum atomic E-state index is 12.9. The Kier molecular flexibility index (Phi) is 8.86. The topological polar surface area (TPSA) is 127 Å². The van der Waals surface area contributed by atoms with Crippen LogP contribution in [0.4, 0.5) is 11.4 Å². The van der Waals surface area contributed by atoms with Crippen molar-refractivity contribution in [3.63, 3.8) is 0 Å². The van der Waals surface area contributed by atoms with Crippen molar-refractivity contribution in [1.82, 2.24) is 0 Å². The molecule has 3 aromatic rings. The molecule has 0 atom stereocenters. The summed E-state index contributed by atoms with van der Waals surface area (Å²) >= 11 is 0. The lowest BCUT2D eigenvalue weighted by atomic mass is 10.1. The lowest BCUT2D eigenvalue weighted by Crippen LogP contribution is -2.01. The minimum Gasteiger partial charge on any atom is -0.496 e. The van der Waals surface area contributed by atoms with Crippen LogP contribution in [0.25, 0.3) is 6.08 Å². The number of non-ortho nitro benzene ring substituents is 1. The third-order valence-corrected chi connectivity index (χ3v) is 6.55. The summed E-state index contributed by atoms with van der Waals surface area (Å²) < 4.78 is 47.1. The minimum absolute atomic E-state index is 0.0279. The van der Waals surface area contributed by atoms with Crippen molar-refractivity contribution in [2.75, 3.05) is 28.4 Å². The molecule has 0 saturated carbocycles. The molecule has 0 heterocycles. The number of nitrogens with zero attached hydrogens (tertiary/aromatic N) is 2. The highest BCUT2D eigenvalue weighted by atomic mass is 32.2. The van der Waals surface area contributed by atoms with Gasteiger partial charge < -0.3 is 18.9 Å². The molecular weight excluding hydrogens is 500 g/mol. The van der Waals surface area contributed by atoms with E-state index in [1.54, 1.807) is 42.5 Å². The van der Waals surface area contributed by atoms with Gasteiger partial charge in [0.05, 0.1) is 44.7 Å². The second-order valence-corrected chi connectivity index (χ2v) is 9.56. The predicted molar refractivity (Wildman–Crippen MR) is 141 cm³/mol. The van der Waals surface area contributed by atoms with E-state index in [1.807, 2.05) is 0 Å². The molecule has 3 rings (SSSR count). The van der Waals surface area contributed by atoms with Gasteiger partial charge in [-0.05, 0) is 41.5 Å². The lowest BCUT2D eigenvalue weighted by Gasteiger charge is -2.12. The van der Waals surface area contributed by atoms with Crippen LogP contribution in [0.3, 0.4) is 0 Å². The Bertz CT molecular complexity index is 1410. The highest BCUT2D eigenvalue weighted by Crippen LogP contribution is 2.35. The van der Waals surface area contributed by atoms with Crippen LogP contribution in [0.2, 0.25) is 0 Å². The van der Waals surface area contributed by atoms with Crippen LogP contribution in [0.1, 0.15) is 16.7 Å². The van der Waals surface area contributed by atoms with Crippen LogP contribution in [0.15, 0.2) is 65.0 Å². The zero-order valence-electron chi connectivity index (χ0n) is 20.7. The molecule has 0 aliphatic rings. The van der Waals surface area contributed by atoms with Gasteiger partial charge in [-0.1, -0.05) is 6.07 Å². The summed E-state index contributed by atoms with van der Waals surface area (Å²) in [5.41, 5.74) is 1.97. The molecule has 0 aliphatic heterocycles. The maximum absolute atomic E-state index is 12.9. The van der Waals surface area contributed by atoms with Crippen molar-refractivity contribution in [2.45, 2.75) is 5.75 Å². The zero-order valence-corrected chi connectivity index (χ0v) is 21.5. The standard InChI is InChI=1S/C26H26N2O8S/c1-33-21-14-25(35-3)22(26(15-21)36-4)11-12-37(31,32)17-19-7-10-24(34-2)23(13-19)27-16-18-5-8-20(9-6-18)28(29)30/h5-16H,17H2,1-4H3/b12-11+,27-16?. The third kappa shape index (κ3) is 7.07. The van der Waals surface area contributed by atoms with E-state index in [4.69, 9.17) is 18.9 Å². The third-order valence-electron chi connectivity index (χ3n) is 5.26. The number of hydrogen-bond acceptors (Lipinski definition) is 9. The SMILES string of the molecule is COc1cc(OC)c(/C=C/S(=O)(=O)Cc2ccc(OC)c(N=Cc3ccc([N+](=O)[O-])cc3)c2)c(OC)c1. The van der Waals surface area contributed by atoms with Gasteiger partial charge in [0, 0.05) is 35.9 Å². The van der Waals surface area contributed by atoms with E-state index in [2.05, 4.69) is 4.99 Å². The van der Waals surface area contributed by atoms with Gasteiger partial charge in [0.2, 0.25) is 0 Å². The molecule has 10 nitrogen and oxygen atoms in total. The molecule has 194 valence electrons. The minimum atomic E-state index is -3.69. The normalized spacial score (nSPS) is 11.6. The number of methoxy groups -OCH3 is 4. The van der Waals surface area contributed by atoms with Crippen LogP contribution < -0.4 is 18.9 Å². The number of benzene rings is 3. The number of aliphatic imine (C=N–C) groups is 1. The molecule has 0 bridgehead atoms. The second kappa shape index (κ2) is 12.0. The Morgan fingerprint density at radius 2 is 1.49 bits per heavy atom. The van der Waals surface area contributed by atoms with Gasteiger partial charge in [0.25, 0.3) is 5.69 Å². The zero-order chi connectivity index (χ0) is 27.0. The fraction of sp³-hybridized carbons (Fsp3) is 0.192. The predicted octanol–water partition coefficient (Wildman–Crippen LogP) is 4.97. The van der Waals surface area contributed by atoms with E-state index in [9.17, 15) is 18.5 Å². The van der Waals surface area contributed by atoms with Crippen molar-refractivity contribution in [3.05, 3.63) is 86.8 Å². The average Bonchev–Trinajstić information content (AvgIpc) is 2.90. The molecule has 0 radical (unpaired) electrons. The first-order valence-corrected chi connectivity index (χ1v) is 12.6. The first-order valence-electron chi connectivity index (χ1n) is 10.9. The number of nitro benzene ring substituents is 1. The molecule has 3 aromatic carbocycles. The molecule has 0 aliphatic carbocycles. The fourth-order valence-electron chi connectivity index (χ4n) is 3.40. The number of nitro groups is 1. The molecule has 0 N–H and O–H groups in total. The highest BCUT2D eigenvalue weighted by Gasteiger charge is 2.15. The van der Waals surface area contributed by atoms with Crippen LogP contribution in [-0.2, 0) is 15.6 Å². The summed E-state index contributed by atoms with van der Waals surface area (Å²) in [5.74, 6) is 1.47. The van der Waals surface area contributed by atoms with Crippen LogP contribution in [0.5, 0.6) is 23.0 Å². The molecule has 0 spiro atoms. The van der Waals surface area contributed by atoms with Crippen LogP contribution in [0, 0.1) is 10.1 Å². The van der Waals surface area contributed by atoms with Gasteiger partial charge in [0.1, 0.15) is 28.7 Å². The molecule has 0 fully saturated rings. The van der Waals surface area contributed by atoms with Crippen molar-refractivity contribution in [3.8, 4) is 23.0 Å². The van der Waals surface area contributed by atoms with Gasteiger partial charge in [-0.15, -0.1) is 0 Å². The van der Waals surface area contributed by atoms with Gasteiger partial charge in [-0.25, -0.2) is 8.42 Å². The van der Waals surface area contributed by atoms with Gasteiger partial charge in [-0.3, -0.25) is 15.1 Å². The van der Waals surface area contributed by atoms with E-state index in [0.29, 0.717) is 45.4 Å². The second-order valence-electron chi connectivity index (χ2n) is 7.67. The average molecular weight is 527 g/mol. The molecule has 0 aromatic heterocycles. The monoisotopic (exact) mass is 526 g/mol. The van der Waals surface area contributed by atoms with Crippen molar-refractivity contribution >= 4 is 33.5 Å². The smallest absolute Gasteiger partial charge is 0.269 e. The summed E-state index contributed by atoms with van der Waals surface area (Å²) in [6.07, 6.45) is 2.94. The van der Waals surface area contributed by atoms with E-state index >= 15 is 0 Å². The molecule has 37 heavy (non-hydrogen) atoms. The van der Waals surface area contributed by atoms with Gasteiger partial charge >= 0.3 is 0 Å². The Hall–Kier alpha value is -4.38. The summed E-state index contributed by atoms with van der Waals surface area (Å²) in [4.78, 5) is 14.7. The molecule has 0 saturated heterocycles. The van der Waals surface area contributed by atoms with Crippen molar-refractivity contribution < 1.29 is 32.3 Å². The first kappa shape index (κ1) is 27.2. The van der Waals surface area contributed by atoms with Crippen LogP contribution in [-0.4, -0.2) is 48.0 Å². The summed E-state index contributed by atoms with van der Waals surface area (Å²) in [6.45, 7) is 0. The molecule has 0 unspecified atom stereocenters. The maximum Gasteiger partial charge on any atom is 0.269 e. The van der Waals surface area contributed by atoms with Crippen molar-refractivity contribution in [1.29, 1.82) is 0 Å². The number of rotatable bonds is 11. The molecule has 0 amide bonds. The Morgan fingerprint density at radius 1 is 0.865 bits per heavy atom. The van der Waals surface area contributed by atoms with E-state index in [0.717, 1.165) is 5.41 Å². The highest BCUT2D eigenvalue weighted by molar-refractivity contribution is 7.93. The molecular formula is C26H26N2O8S. The summed E-state index contributed by atoms with van der Waals surface area (Å²) in [6, 6.07) is 14.0. The lowest BCUT2D eigenvalue weighted by molar-refractivity contribution is -0.384.